The van der Waals surface area contributed by atoms with Gasteiger partial charge in [0.05, 0.1) is 11.5 Å². The Hall–Kier alpha value is -1.62. The van der Waals surface area contributed by atoms with Gasteiger partial charge in [0.15, 0.2) is 0 Å². The summed E-state index contributed by atoms with van der Waals surface area (Å²) in [6.45, 7) is -0.173. The lowest BCUT2D eigenvalue weighted by Gasteiger charge is -2.37. The summed E-state index contributed by atoms with van der Waals surface area (Å²) >= 11 is 0. The molecule has 1 N–H and O–H groups in total. The lowest BCUT2D eigenvalue weighted by atomic mass is 9.91. The highest BCUT2D eigenvalue weighted by molar-refractivity contribution is 5.58. The van der Waals surface area contributed by atoms with Gasteiger partial charge in [-0.15, -0.1) is 0 Å². The molecule has 0 radical (unpaired) electrons. The standard InChI is InChI=1S/C12H16N2O3/c1-13(10-3-2-4-10)12-6-5-11(14(16)17)7-9(12)8-15/h5-7,10,15H,2-4,8H2,1H3. The van der Waals surface area contributed by atoms with Gasteiger partial charge in [-0.3, -0.25) is 10.1 Å². The van der Waals surface area contributed by atoms with Crippen molar-refractivity contribution in [3.8, 4) is 0 Å². The number of aliphatic hydroxyl groups excluding tert-OH is 1. The Morgan fingerprint density at radius 2 is 2.24 bits per heavy atom. The summed E-state index contributed by atoms with van der Waals surface area (Å²) in [4.78, 5) is 12.3. The summed E-state index contributed by atoms with van der Waals surface area (Å²) in [5.41, 5.74) is 1.54. The van der Waals surface area contributed by atoms with Crippen molar-refractivity contribution < 1.29 is 10.0 Å². The fraction of sp³-hybridized carbons (Fsp3) is 0.500. The highest BCUT2D eigenvalue weighted by Crippen LogP contribution is 2.32. The van der Waals surface area contributed by atoms with Crippen LogP contribution in [0.25, 0.3) is 0 Å². The summed E-state index contributed by atoms with van der Waals surface area (Å²) in [6.07, 6.45) is 3.53. The molecule has 0 unspecified atom stereocenters. The van der Waals surface area contributed by atoms with Gasteiger partial charge in [-0.1, -0.05) is 0 Å². The molecule has 0 bridgehead atoms. The summed E-state index contributed by atoms with van der Waals surface area (Å²) in [6, 6.07) is 5.16. The van der Waals surface area contributed by atoms with Gasteiger partial charge in [0.25, 0.3) is 5.69 Å². The van der Waals surface area contributed by atoms with Gasteiger partial charge in [-0.05, 0) is 25.3 Å². The monoisotopic (exact) mass is 236 g/mol. The SMILES string of the molecule is CN(c1ccc([N+](=O)[O-])cc1CO)C1CCC1. The number of anilines is 1. The number of nitro groups is 1. The largest absolute Gasteiger partial charge is 0.392 e. The fourth-order valence-electron chi connectivity index (χ4n) is 2.13. The van der Waals surface area contributed by atoms with E-state index < -0.39 is 4.92 Å². The first-order valence-electron chi connectivity index (χ1n) is 5.74. The maximum absolute atomic E-state index is 10.7. The molecule has 0 spiro atoms. The molecule has 0 saturated heterocycles. The quantitative estimate of drug-likeness (QED) is 0.642. The average Bonchev–Trinajstić information content (AvgIpc) is 2.25. The Morgan fingerprint density at radius 3 is 2.71 bits per heavy atom. The van der Waals surface area contributed by atoms with Gasteiger partial charge >= 0.3 is 0 Å². The maximum atomic E-state index is 10.7. The number of nitro benzene ring substituents is 1. The van der Waals surface area contributed by atoms with E-state index in [0.717, 1.165) is 18.5 Å². The first kappa shape index (κ1) is 11.9. The van der Waals surface area contributed by atoms with E-state index in [0.29, 0.717) is 11.6 Å². The number of nitrogens with zero attached hydrogens (tertiary/aromatic N) is 2. The number of non-ortho nitro benzene ring substituents is 1. The number of rotatable bonds is 4. The van der Waals surface area contributed by atoms with Crippen LogP contribution in [0.3, 0.4) is 0 Å². The van der Waals surface area contributed by atoms with E-state index in [1.54, 1.807) is 6.07 Å². The third kappa shape index (κ3) is 2.24. The fourth-order valence-corrected chi connectivity index (χ4v) is 2.13. The molecule has 0 heterocycles. The molecule has 1 aliphatic rings. The molecular formula is C12H16N2O3. The Morgan fingerprint density at radius 1 is 1.53 bits per heavy atom. The minimum absolute atomic E-state index is 0.0276. The van der Waals surface area contributed by atoms with Crippen LogP contribution in [0.4, 0.5) is 11.4 Å². The molecule has 1 fully saturated rings. The molecule has 1 saturated carbocycles. The van der Waals surface area contributed by atoms with E-state index in [2.05, 4.69) is 4.90 Å². The second kappa shape index (κ2) is 4.71. The van der Waals surface area contributed by atoms with Crippen molar-refractivity contribution in [1.29, 1.82) is 0 Å². The summed E-state index contributed by atoms with van der Waals surface area (Å²) < 4.78 is 0. The number of aliphatic hydroxyl groups is 1. The van der Waals surface area contributed by atoms with Crippen molar-refractivity contribution in [1.82, 2.24) is 0 Å². The van der Waals surface area contributed by atoms with Crippen LogP contribution in [0.5, 0.6) is 0 Å². The first-order valence-corrected chi connectivity index (χ1v) is 5.74. The normalized spacial score (nSPS) is 15.4. The zero-order chi connectivity index (χ0) is 12.4. The predicted molar refractivity (Wildman–Crippen MR) is 65.1 cm³/mol. The van der Waals surface area contributed by atoms with Crippen molar-refractivity contribution in [3.05, 3.63) is 33.9 Å². The smallest absolute Gasteiger partial charge is 0.269 e. The van der Waals surface area contributed by atoms with Crippen molar-refractivity contribution in [2.24, 2.45) is 0 Å². The molecule has 1 aromatic carbocycles. The van der Waals surface area contributed by atoms with Gasteiger partial charge in [-0.2, -0.15) is 0 Å². The summed E-state index contributed by atoms with van der Waals surface area (Å²) in [5.74, 6) is 0. The molecule has 92 valence electrons. The van der Waals surface area contributed by atoms with Crippen molar-refractivity contribution in [3.63, 3.8) is 0 Å². The highest BCUT2D eigenvalue weighted by Gasteiger charge is 2.24. The molecule has 0 aliphatic heterocycles. The Kier molecular flexibility index (Phi) is 3.28. The first-order chi connectivity index (χ1) is 8.13. The molecule has 1 aliphatic carbocycles. The van der Waals surface area contributed by atoms with Gasteiger partial charge in [0, 0.05) is 36.5 Å². The number of hydrogen-bond acceptors (Lipinski definition) is 4. The van der Waals surface area contributed by atoms with Crippen LogP contribution >= 0.6 is 0 Å². The average molecular weight is 236 g/mol. The molecule has 5 heteroatoms. The zero-order valence-corrected chi connectivity index (χ0v) is 9.80. The lowest BCUT2D eigenvalue weighted by Crippen LogP contribution is -2.37. The number of benzene rings is 1. The maximum Gasteiger partial charge on any atom is 0.269 e. The Labute approximate surface area is 99.8 Å². The Balaban J connectivity index is 2.29. The van der Waals surface area contributed by atoms with Crippen molar-refractivity contribution in [2.45, 2.75) is 31.9 Å². The van der Waals surface area contributed by atoms with Crippen LogP contribution in [-0.4, -0.2) is 23.1 Å². The second-order valence-corrected chi connectivity index (χ2v) is 4.42. The second-order valence-electron chi connectivity index (χ2n) is 4.42. The topological polar surface area (TPSA) is 66.6 Å². The molecular weight excluding hydrogens is 220 g/mol. The van der Waals surface area contributed by atoms with Crippen molar-refractivity contribution >= 4 is 11.4 Å². The van der Waals surface area contributed by atoms with E-state index in [1.165, 1.54) is 18.6 Å². The van der Waals surface area contributed by atoms with Crippen LogP contribution in [0.15, 0.2) is 18.2 Å². The molecule has 17 heavy (non-hydrogen) atoms. The summed E-state index contributed by atoms with van der Waals surface area (Å²) in [5, 5.41) is 20.0. The zero-order valence-electron chi connectivity index (χ0n) is 9.80. The minimum Gasteiger partial charge on any atom is -0.392 e. The van der Waals surface area contributed by atoms with E-state index in [-0.39, 0.29) is 12.3 Å². The lowest BCUT2D eigenvalue weighted by molar-refractivity contribution is -0.384. The van der Waals surface area contributed by atoms with Crippen LogP contribution in [0.2, 0.25) is 0 Å². The van der Waals surface area contributed by atoms with Crippen LogP contribution in [-0.2, 0) is 6.61 Å². The molecule has 0 amide bonds. The van der Waals surface area contributed by atoms with E-state index in [1.807, 2.05) is 7.05 Å². The Bertz CT molecular complexity index is 430. The third-order valence-corrected chi connectivity index (χ3v) is 3.45. The van der Waals surface area contributed by atoms with Crippen LogP contribution in [0, 0.1) is 10.1 Å². The third-order valence-electron chi connectivity index (χ3n) is 3.45. The molecule has 2 rings (SSSR count). The van der Waals surface area contributed by atoms with E-state index >= 15 is 0 Å². The van der Waals surface area contributed by atoms with Gasteiger partial charge in [0.1, 0.15) is 0 Å². The van der Waals surface area contributed by atoms with Gasteiger partial charge < -0.3 is 10.0 Å². The number of hydrogen-bond donors (Lipinski definition) is 1. The van der Waals surface area contributed by atoms with Crippen LogP contribution < -0.4 is 4.90 Å². The predicted octanol–water partition coefficient (Wildman–Crippen LogP) is 2.08. The molecule has 0 atom stereocenters. The summed E-state index contributed by atoms with van der Waals surface area (Å²) in [7, 11) is 1.98. The molecule has 1 aromatic rings. The van der Waals surface area contributed by atoms with Crippen molar-refractivity contribution in [2.75, 3.05) is 11.9 Å². The molecule has 0 aromatic heterocycles. The minimum atomic E-state index is -0.438. The van der Waals surface area contributed by atoms with Gasteiger partial charge in [0.2, 0.25) is 0 Å². The van der Waals surface area contributed by atoms with Crippen LogP contribution in [0.1, 0.15) is 24.8 Å². The molecule has 5 nitrogen and oxygen atoms in total. The van der Waals surface area contributed by atoms with E-state index in [9.17, 15) is 15.2 Å². The highest BCUT2D eigenvalue weighted by atomic mass is 16.6. The van der Waals surface area contributed by atoms with E-state index in [4.69, 9.17) is 0 Å². The van der Waals surface area contributed by atoms with Gasteiger partial charge in [-0.25, -0.2) is 0 Å².